The zero-order valence-electron chi connectivity index (χ0n) is 12.9. The number of fused-ring (bicyclic) bond motifs is 1. The van der Waals surface area contributed by atoms with Crippen LogP contribution in [0.3, 0.4) is 0 Å². The molecule has 120 valence electrons. The molecule has 3 rings (SSSR count). The Bertz CT molecular complexity index is 793. The third-order valence-corrected chi connectivity index (χ3v) is 5.14. The smallest absolute Gasteiger partial charge is 0.236 e. The normalized spacial score (nSPS) is 11.0. The number of para-hydroxylation sites is 1. The molecule has 8 heteroatoms. The molecule has 1 N–H and O–H groups in total. The average molecular weight is 347 g/mol. The highest BCUT2D eigenvalue weighted by molar-refractivity contribution is 7.99. The number of aryl methyl sites for hydroxylation is 1. The molecule has 0 radical (unpaired) electrons. The Morgan fingerprint density at radius 1 is 1.35 bits per heavy atom. The van der Waals surface area contributed by atoms with Crippen molar-refractivity contribution in [3.8, 4) is 0 Å². The van der Waals surface area contributed by atoms with E-state index in [1.165, 1.54) is 23.1 Å². The molecule has 0 saturated heterocycles. The first kappa shape index (κ1) is 15.9. The van der Waals surface area contributed by atoms with Crippen LogP contribution in [0.4, 0.5) is 5.13 Å². The summed E-state index contributed by atoms with van der Waals surface area (Å²) < 4.78 is 3.10. The van der Waals surface area contributed by atoms with Crippen molar-refractivity contribution in [2.24, 2.45) is 0 Å². The number of thioether (sulfide) groups is 1. The first-order valence-electron chi connectivity index (χ1n) is 7.35. The van der Waals surface area contributed by atoms with Crippen LogP contribution in [-0.4, -0.2) is 31.4 Å². The molecule has 0 aliphatic heterocycles. The SMILES string of the molecule is CCCn1c(C)nnc1SCC(=O)Nc1nc2ccccc2s1. The fourth-order valence-electron chi connectivity index (χ4n) is 2.16. The molecule has 0 saturated carbocycles. The lowest BCUT2D eigenvalue weighted by Crippen LogP contribution is -2.14. The summed E-state index contributed by atoms with van der Waals surface area (Å²) in [5, 5.41) is 12.5. The third-order valence-electron chi connectivity index (χ3n) is 3.22. The number of anilines is 1. The average Bonchev–Trinajstić information content (AvgIpc) is 3.09. The number of nitrogens with one attached hydrogen (secondary N) is 1. The van der Waals surface area contributed by atoms with Gasteiger partial charge in [-0.15, -0.1) is 10.2 Å². The van der Waals surface area contributed by atoms with Crippen LogP contribution < -0.4 is 5.32 Å². The fourth-order valence-corrected chi connectivity index (χ4v) is 3.85. The lowest BCUT2D eigenvalue weighted by Gasteiger charge is -2.06. The molecule has 0 unspecified atom stereocenters. The summed E-state index contributed by atoms with van der Waals surface area (Å²) in [4.78, 5) is 16.5. The molecular weight excluding hydrogens is 330 g/mol. The van der Waals surface area contributed by atoms with Crippen LogP contribution >= 0.6 is 23.1 Å². The van der Waals surface area contributed by atoms with Crippen LogP contribution in [-0.2, 0) is 11.3 Å². The molecule has 0 aliphatic carbocycles. The third kappa shape index (κ3) is 3.70. The van der Waals surface area contributed by atoms with Gasteiger partial charge in [-0.3, -0.25) is 4.79 Å². The number of aromatic nitrogens is 4. The van der Waals surface area contributed by atoms with E-state index in [1.54, 1.807) is 0 Å². The van der Waals surface area contributed by atoms with Gasteiger partial charge in [0.2, 0.25) is 5.91 Å². The van der Waals surface area contributed by atoms with Crippen LogP contribution in [0.2, 0.25) is 0 Å². The van der Waals surface area contributed by atoms with Gasteiger partial charge in [0.1, 0.15) is 5.82 Å². The molecular formula is C15H17N5OS2. The van der Waals surface area contributed by atoms with E-state index in [1.807, 2.05) is 35.8 Å². The maximum absolute atomic E-state index is 12.1. The summed E-state index contributed by atoms with van der Waals surface area (Å²) >= 11 is 2.87. The largest absolute Gasteiger partial charge is 0.306 e. The second-order valence-corrected chi connectivity index (χ2v) is 6.98. The highest BCUT2D eigenvalue weighted by atomic mass is 32.2. The Labute approximate surface area is 142 Å². The highest BCUT2D eigenvalue weighted by Crippen LogP contribution is 2.25. The first-order valence-corrected chi connectivity index (χ1v) is 9.15. The second kappa shape index (κ2) is 7.10. The van der Waals surface area contributed by atoms with E-state index in [0.29, 0.717) is 5.13 Å². The number of nitrogens with zero attached hydrogens (tertiary/aromatic N) is 4. The predicted octanol–water partition coefficient (Wildman–Crippen LogP) is 3.34. The molecule has 0 bridgehead atoms. The van der Waals surface area contributed by atoms with E-state index in [4.69, 9.17) is 0 Å². The van der Waals surface area contributed by atoms with Crippen molar-refractivity contribution in [2.45, 2.75) is 32.0 Å². The second-order valence-electron chi connectivity index (χ2n) is 5.01. The van der Waals surface area contributed by atoms with Gasteiger partial charge in [0.15, 0.2) is 10.3 Å². The van der Waals surface area contributed by atoms with Gasteiger partial charge in [-0.2, -0.15) is 0 Å². The van der Waals surface area contributed by atoms with Crippen LogP contribution in [0, 0.1) is 6.92 Å². The van der Waals surface area contributed by atoms with Crippen LogP contribution in [0.25, 0.3) is 10.2 Å². The fraction of sp³-hybridized carbons (Fsp3) is 0.333. The number of thiazole rings is 1. The molecule has 2 aromatic heterocycles. The van der Waals surface area contributed by atoms with Crippen molar-refractivity contribution < 1.29 is 4.79 Å². The van der Waals surface area contributed by atoms with Gasteiger partial charge in [-0.25, -0.2) is 4.98 Å². The first-order chi connectivity index (χ1) is 11.2. The summed E-state index contributed by atoms with van der Waals surface area (Å²) in [6.45, 7) is 4.89. The Morgan fingerprint density at radius 3 is 2.96 bits per heavy atom. The van der Waals surface area contributed by atoms with Crippen LogP contribution in [0.1, 0.15) is 19.2 Å². The zero-order valence-corrected chi connectivity index (χ0v) is 14.6. The molecule has 1 aromatic carbocycles. The Morgan fingerprint density at radius 2 is 2.17 bits per heavy atom. The number of carbonyl (C=O) groups is 1. The molecule has 0 aliphatic rings. The number of benzene rings is 1. The molecule has 2 heterocycles. The minimum absolute atomic E-state index is 0.0854. The highest BCUT2D eigenvalue weighted by Gasteiger charge is 2.12. The Hall–Kier alpha value is -1.93. The standard InChI is InChI=1S/C15H17N5OS2/c1-3-8-20-10(2)18-19-15(20)22-9-13(21)17-14-16-11-6-4-5-7-12(11)23-14/h4-7H,3,8-9H2,1-2H3,(H,16,17,21). The number of hydrogen-bond acceptors (Lipinski definition) is 6. The van der Waals surface area contributed by atoms with Gasteiger partial charge in [-0.1, -0.05) is 42.2 Å². The predicted molar refractivity (Wildman–Crippen MR) is 94.0 cm³/mol. The molecule has 6 nitrogen and oxygen atoms in total. The van der Waals surface area contributed by atoms with Crippen molar-refractivity contribution in [3.63, 3.8) is 0 Å². The number of carbonyl (C=O) groups excluding carboxylic acids is 1. The van der Waals surface area contributed by atoms with Crippen molar-refractivity contribution in [3.05, 3.63) is 30.1 Å². The minimum atomic E-state index is -0.0854. The van der Waals surface area contributed by atoms with E-state index < -0.39 is 0 Å². The maximum atomic E-state index is 12.1. The summed E-state index contributed by atoms with van der Waals surface area (Å²) in [7, 11) is 0. The molecule has 0 fully saturated rings. The van der Waals surface area contributed by atoms with Crippen molar-refractivity contribution in [2.75, 3.05) is 11.1 Å². The summed E-state index contributed by atoms with van der Waals surface area (Å²) in [6.07, 6.45) is 1.00. The van der Waals surface area contributed by atoms with Crippen molar-refractivity contribution in [1.82, 2.24) is 19.7 Å². The van der Waals surface area contributed by atoms with Crippen LogP contribution in [0.5, 0.6) is 0 Å². The number of rotatable bonds is 6. The minimum Gasteiger partial charge on any atom is -0.306 e. The van der Waals surface area contributed by atoms with E-state index in [-0.39, 0.29) is 11.7 Å². The Kier molecular flexibility index (Phi) is 4.92. The van der Waals surface area contributed by atoms with Gasteiger partial charge in [0.25, 0.3) is 0 Å². The van der Waals surface area contributed by atoms with E-state index >= 15 is 0 Å². The maximum Gasteiger partial charge on any atom is 0.236 e. The summed E-state index contributed by atoms with van der Waals surface area (Å²) in [5.41, 5.74) is 0.902. The van der Waals surface area contributed by atoms with Gasteiger partial charge in [-0.05, 0) is 25.5 Å². The van der Waals surface area contributed by atoms with Gasteiger partial charge < -0.3 is 9.88 Å². The van der Waals surface area contributed by atoms with Gasteiger partial charge >= 0.3 is 0 Å². The summed E-state index contributed by atoms with van der Waals surface area (Å²) in [5.74, 6) is 1.08. The molecule has 0 spiro atoms. The van der Waals surface area contributed by atoms with Crippen molar-refractivity contribution >= 4 is 44.4 Å². The van der Waals surface area contributed by atoms with Gasteiger partial charge in [0.05, 0.1) is 16.0 Å². The lowest BCUT2D eigenvalue weighted by molar-refractivity contribution is -0.113. The molecule has 1 amide bonds. The monoisotopic (exact) mass is 347 g/mol. The lowest BCUT2D eigenvalue weighted by atomic mass is 10.3. The van der Waals surface area contributed by atoms with Gasteiger partial charge in [0, 0.05) is 6.54 Å². The van der Waals surface area contributed by atoms with E-state index in [9.17, 15) is 4.79 Å². The molecule has 3 aromatic rings. The quantitative estimate of drug-likeness (QED) is 0.692. The molecule has 23 heavy (non-hydrogen) atoms. The molecule has 0 atom stereocenters. The Balaban J connectivity index is 1.61. The zero-order chi connectivity index (χ0) is 16.2. The van der Waals surface area contributed by atoms with E-state index in [0.717, 1.165) is 34.2 Å². The summed E-state index contributed by atoms with van der Waals surface area (Å²) in [6, 6.07) is 7.83. The van der Waals surface area contributed by atoms with E-state index in [2.05, 4.69) is 27.4 Å². The number of hydrogen-bond donors (Lipinski definition) is 1. The number of amides is 1. The van der Waals surface area contributed by atoms with Crippen LogP contribution in [0.15, 0.2) is 29.4 Å². The van der Waals surface area contributed by atoms with Crippen molar-refractivity contribution in [1.29, 1.82) is 0 Å². The topological polar surface area (TPSA) is 72.7 Å².